The predicted octanol–water partition coefficient (Wildman–Crippen LogP) is 2.93. The number of fused-ring (bicyclic) bond motifs is 1. The molecule has 4 heteroatoms. The fourth-order valence-corrected chi connectivity index (χ4v) is 2.43. The summed E-state index contributed by atoms with van der Waals surface area (Å²) in [7, 11) is 0. The predicted molar refractivity (Wildman–Crippen MR) is 80.9 cm³/mol. The Morgan fingerprint density at radius 1 is 1.10 bits per heavy atom. The summed E-state index contributed by atoms with van der Waals surface area (Å²) >= 11 is 0. The van der Waals surface area contributed by atoms with E-state index < -0.39 is 0 Å². The molecule has 2 aromatic rings. The molecule has 1 aliphatic rings. The van der Waals surface area contributed by atoms with Crippen molar-refractivity contribution in [2.45, 2.75) is 19.1 Å². The highest BCUT2D eigenvalue weighted by atomic mass is 16.5. The molecule has 0 bridgehead atoms. The first-order valence-corrected chi connectivity index (χ1v) is 7.14. The molecule has 2 unspecified atom stereocenters. The minimum Gasteiger partial charge on any atom is -0.494 e. The number of para-hydroxylation sites is 1. The quantitative estimate of drug-likeness (QED) is 0.938. The monoisotopic (exact) mass is 285 g/mol. The molecule has 2 N–H and O–H groups in total. The molecule has 3 rings (SSSR count). The molecule has 2 atom stereocenters. The molecule has 4 nitrogen and oxygen atoms in total. The molecule has 0 fully saturated rings. The maximum absolute atomic E-state index is 6.29. The first kappa shape index (κ1) is 13.8. The third kappa shape index (κ3) is 2.95. The highest BCUT2D eigenvalue weighted by molar-refractivity contribution is 5.39. The summed E-state index contributed by atoms with van der Waals surface area (Å²) in [4.78, 5) is 0. The largest absolute Gasteiger partial charge is 0.494 e. The number of ether oxygens (including phenoxy) is 3. The van der Waals surface area contributed by atoms with Crippen molar-refractivity contribution < 1.29 is 14.2 Å². The van der Waals surface area contributed by atoms with E-state index in [1.165, 1.54) is 0 Å². The Balaban J connectivity index is 1.71. The summed E-state index contributed by atoms with van der Waals surface area (Å²) in [6.07, 6.45) is -0.196. The van der Waals surface area contributed by atoms with E-state index in [9.17, 15) is 0 Å². The average molecular weight is 285 g/mol. The van der Waals surface area contributed by atoms with Crippen molar-refractivity contribution >= 4 is 0 Å². The summed E-state index contributed by atoms with van der Waals surface area (Å²) in [5.74, 6) is 2.44. The zero-order valence-corrected chi connectivity index (χ0v) is 12.0. The fourth-order valence-electron chi connectivity index (χ4n) is 2.43. The van der Waals surface area contributed by atoms with Gasteiger partial charge in [0.15, 0.2) is 6.10 Å². The van der Waals surface area contributed by atoms with E-state index in [1.54, 1.807) is 0 Å². The normalized spacial score (nSPS) is 20.3. The molecule has 0 spiro atoms. The molecule has 110 valence electrons. The first-order chi connectivity index (χ1) is 10.3. The van der Waals surface area contributed by atoms with Crippen LogP contribution in [0, 0.1) is 0 Å². The molecule has 0 amide bonds. The Bertz CT molecular complexity index is 597. The van der Waals surface area contributed by atoms with Gasteiger partial charge in [0.05, 0.1) is 12.6 Å². The highest BCUT2D eigenvalue weighted by Gasteiger charge is 2.29. The molecular formula is C17H19NO3. The number of nitrogens with two attached hydrogens (primary N) is 1. The number of benzene rings is 2. The van der Waals surface area contributed by atoms with Gasteiger partial charge in [-0.25, -0.2) is 0 Å². The highest BCUT2D eigenvalue weighted by Crippen LogP contribution is 2.32. The van der Waals surface area contributed by atoms with Gasteiger partial charge in [-0.1, -0.05) is 18.2 Å². The van der Waals surface area contributed by atoms with Gasteiger partial charge in [-0.05, 0) is 37.3 Å². The minimum atomic E-state index is -0.196. The zero-order valence-electron chi connectivity index (χ0n) is 12.0. The van der Waals surface area contributed by atoms with Crippen LogP contribution >= 0.6 is 0 Å². The molecule has 0 saturated carbocycles. The van der Waals surface area contributed by atoms with Gasteiger partial charge in [-0.2, -0.15) is 0 Å². The van der Waals surface area contributed by atoms with Gasteiger partial charge in [0, 0.05) is 5.56 Å². The molecule has 0 aliphatic carbocycles. The van der Waals surface area contributed by atoms with Gasteiger partial charge in [-0.15, -0.1) is 0 Å². The maximum atomic E-state index is 6.29. The molecule has 0 saturated heterocycles. The van der Waals surface area contributed by atoms with Crippen molar-refractivity contribution in [2.24, 2.45) is 5.73 Å². The van der Waals surface area contributed by atoms with E-state index in [0.29, 0.717) is 13.2 Å². The van der Waals surface area contributed by atoms with Crippen LogP contribution in [0.25, 0.3) is 0 Å². The second-order valence-corrected chi connectivity index (χ2v) is 4.94. The lowest BCUT2D eigenvalue weighted by molar-refractivity contribution is 0.0877. The molecule has 1 heterocycles. The second-order valence-electron chi connectivity index (χ2n) is 4.94. The Hall–Kier alpha value is -2.20. The second kappa shape index (κ2) is 6.06. The van der Waals surface area contributed by atoms with Gasteiger partial charge >= 0.3 is 0 Å². The van der Waals surface area contributed by atoms with Gasteiger partial charge in [-0.3, -0.25) is 0 Å². The topological polar surface area (TPSA) is 53.7 Å². The SMILES string of the molecule is CCOc1ccc(OC2COc3ccccc3C2N)cc1. The van der Waals surface area contributed by atoms with Crippen LogP contribution in [0.3, 0.4) is 0 Å². The van der Waals surface area contributed by atoms with E-state index in [2.05, 4.69) is 0 Å². The van der Waals surface area contributed by atoms with Crippen molar-refractivity contribution in [1.29, 1.82) is 0 Å². The van der Waals surface area contributed by atoms with Crippen molar-refractivity contribution in [2.75, 3.05) is 13.2 Å². The molecule has 1 aliphatic heterocycles. The van der Waals surface area contributed by atoms with Crippen LogP contribution < -0.4 is 19.9 Å². The van der Waals surface area contributed by atoms with E-state index in [0.717, 1.165) is 22.8 Å². The Morgan fingerprint density at radius 3 is 2.57 bits per heavy atom. The van der Waals surface area contributed by atoms with Crippen LogP contribution in [0.1, 0.15) is 18.5 Å². The van der Waals surface area contributed by atoms with Crippen molar-refractivity contribution in [3.05, 3.63) is 54.1 Å². The van der Waals surface area contributed by atoms with Crippen LogP contribution in [0.4, 0.5) is 0 Å². The molecule has 0 aromatic heterocycles. The van der Waals surface area contributed by atoms with Gasteiger partial charge in [0.2, 0.25) is 0 Å². The summed E-state index contributed by atoms with van der Waals surface area (Å²) in [5.41, 5.74) is 7.27. The summed E-state index contributed by atoms with van der Waals surface area (Å²) in [6.45, 7) is 3.06. The lowest BCUT2D eigenvalue weighted by Gasteiger charge is -2.31. The van der Waals surface area contributed by atoms with Crippen LogP contribution in [-0.2, 0) is 0 Å². The van der Waals surface area contributed by atoms with Gasteiger partial charge in [0.25, 0.3) is 0 Å². The summed E-state index contributed by atoms with van der Waals surface area (Å²) in [6, 6.07) is 15.2. The van der Waals surface area contributed by atoms with E-state index in [1.807, 2.05) is 55.5 Å². The summed E-state index contributed by atoms with van der Waals surface area (Å²) in [5, 5.41) is 0. The Labute approximate surface area is 124 Å². The summed E-state index contributed by atoms with van der Waals surface area (Å²) < 4.78 is 17.1. The van der Waals surface area contributed by atoms with Crippen LogP contribution in [-0.4, -0.2) is 19.3 Å². The van der Waals surface area contributed by atoms with E-state index in [-0.39, 0.29) is 12.1 Å². The molecule has 2 aromatic carbocycles. The Morgan fingerprint density at radius 2 is 1.81 bits per heavy atom. The standard InChI is InChI=1S/C17H19NO3/c1-2-19-12-7-9-13(10-8-12)21-16-11-20-15-6-4-3-5-14(15)17(16)18/h3-10,16-17H,2,11,18H2,1H3. The average Bonchev–Trinajstić information content (AvgIpc) is 2.52. The third-order valence-electron chi connectivity index (χ3n) is 3.50. The zero-order chi connectivity index (χ0) is 14.7. The minimum absolute atomic E-state index is 0.193. The molecular weight excluding hydrogens is 266 g/mol. The van der Waals surface area contributed by atoms with E-state index in [4.69, 9.17) is 19.9 Å². The third-order valence-corrected chi connectivity index (χ3v) is 3.50. The number of hydrogen-bond donors (Lipinski definition) is 1. The smallest absolute Gasteiger partial charge is 0.152 e. The van der Waals surface area contributed by atoms with Crippen molar-refractivity contribution in [3.8, 4) is 17.2 Å². The fraction of sp³-hybridized carbons (Fsp3) is 0.294. The van der Waals surface area contributed by atoms with Gasteiger partial charge < -0.3 is 19.9 Å². The van der Waals surface area contributed by atoms with Gasteiger partial charge in [0.1, 0.15) is 23.9 Å². The molecule has 0 radical (unpaired) electrons. The number of hydrogen-bond acceptors (Lipinski definition) is 4. The lowest BCUT2D eigenvalue weighted by Crippen LogP contribution is -2.40. The van der Waals surface area contributed by atoms with Crippen molar-refractivity contribution in [1.82, 2.24) is 0 Å². The van der Waals surface area contributed by atoms with Crippen LogP contribution in [0.15, 0.2) is 48.5 Å². The maximum Gasteiger partial charge on any atom is 0.152 e. The van der Waals surface area contributed by atoms with Crippen LogP contribution in [0.2, 0.25) is 0 Å². The first-order valence-electron chi connectivity index (χ1n) is 7.14. The number of rotatable bonds is 4. The van der Waals surface area contributed by atoms with Crippen molar-refractivity contribution in [3.63, 3.8) is 0 Å². The van der Waals surface area contributed by atoms with E-state index >= 15 is 0 Å². The van der Waals surface area contributed by atoms with Crippen LogP contribution in [0.5, 0.6) is 17.2 Å². The lowest BCUT2D eigenvalue weighted by atomic mass is 9.99. The Kier molecular flexibility index (Phi) is 3.97. The molecule has 21 heavy (non-hydrogen) atoms.